The van der Waals surface area contributed by atoms with Crippen LogP contribution in [-0.4, -0.2) is 123 Å². The SMILES string of the molecule is CCCN(CC(=O)CCCS)C(=O)CN(CCc1c[nH]c2ccccc12)C(=O)CCC(=O)CN(CCCN)C(=O)C(CC(=O)CNCc1cccnc1)Cc1c[nH]c2ccccc12. The number of aromatic nitrogens is 3. The maximum Gasteiger partial charge on any atom is 0.242 e. The molecule has 0 saturated carbocycles. The van der Waals surface area contributed by atoms with Gasteiger partial charge in [-0.25, -0.2) is 0 Å². The first kappa shape index (κ1) is 48.4. The number of amides is 3. The molecule has 14 nitrogen and oxygen atoms in total. The van der Waals surface area contributed by atoms with Crippen LogP contribution in [0.25, 0.3) is 21.8 Å². The third-order valence-corrected chi connectivity index (χ3v) is 11.4. The molecule has 0 aliphatic carbocycles. The zero-order valence-electron chi connectivity index (χ0n) is 36.4. The van der Waals surface area contributed by atoms with Gasteiger partial charge in [0.25, 0.3) is 0 Å². The van der Waals surface area contributed by atoms with Gasteiger partial charge in [-0.05, 0) is 79.3 Å². The van der Waals surface area contributed by atoms with E-state index in [4.69, 9.17) is 5.73 Å². The number of Topliss-reactive ketones (excluding diaryl/α,β-unsaturated/α-hetero) is 3. The van der Waals surface area contributed by atoms with Gasteiger partial charge in [-0.1, -0.05) is 49.4 Å². The van der Waals surface area contributed by atoms with Crippen LogP contribution in [0.3, 0.4) is 0 Å². The second-order valence-corrected chi connectivity index (χ2v) is 16.5. The molecule has 1 atom stereocenters. The Morgan fingerprint density at radius 2 is 1.40 bits per heavy atom. The second kappa shape index (κ2) is 25.5. The minimum atomic E-state index is -0.758. The summed E-state index contributed by atoms with van der Waals surface area (Å²) >= 11 is 4.21. The molecule has 5 aromatic rings. The Hall–Kier alpha value is -5.64. The summed E-state index contributed by atoms with van der Waals surface area (Å²) in [6, 6.07) is 19.3. The van der Waals surface area contributed by atoms with Gasteiger partial charge in [-0.2, -0.15) is 12.6 Å². The standard InChI is InChI=1S/C48H62N8O6S/c1-2-21-54(32-39(57)11-8-24-63)47(61)34-55(23-18-36-29-52-44-14-5-3-12-42(36)44)46(60)17-16-40(58)33-56(22-9-19-49)48(62)37(25-38-30-53-45-15-6-4-13-43(38)45)26-41(59)31-51-28-35-10-7-20-50-27-35/h3-7,10,12-15,20,27,29-30,37,51-53,63H,2,8-9,11,16-19,21-26,28,31-34,49H2,1H3. The van der Waals surface area contributed by atoms with Crippen LogP contribution < -0.4 is 11.1 Å². The van der Waals surface area contributed by atoms with Gasteiger partial charge < -0.3 is 35.7 Å². The Kier molecular flexibility index (Phi) is 19.6. The predicted molar refractivity (Wildman–Crippen MR) is 249 cm³/mol. The van der Waals surface area contributed by atoms with Crippen molar-refractivity contribution in [1.82, 2.24) is 35.0 Å². The fourth-order valence-electron chi connectivity index (χ4n) is 7.79. The van der Waals surface area contributed by atoms with Crippen molar-refractivity contribution in [2.45, 2.75) is 71.3 Å². The molecule has 0 bridgehead atoms. The molecule has 0 aliphatic heterocycles. The molecule has 0 aliphatic rings. The van der Waals surface area contributed by atoms with Gasteiger partial charge in [-0.15, -0.1) is 0 Å². The zero-order valence-corrected chi connectivity index (χ0v) is 37.3. The first-order valence-corrected chi connectivity index (χ1v) is 22.6. The van der Waals surface area contributed by atoms with Crippen molar-refractivity contribution in [3.8, 4) is 0 Å². The highest BCUT2D eigenvalue weighted by molar-refractivity contribution is 7.80. The van der Waals surface area contributed by atoms with E-state index in [1.54, 1.807) is 12.4 Å². The molecule has 0 radical (unpaired) electrons. The van der Waals surface area contributed by atoms with E-state index in [0.717, 1.165) is 38.5 Å². The number of aromatic amines is 2. The van der Waals surface area contributed by atoms with Crippen molar-refractivity contribution in [1.29, 1.82) is 0 Å². The quantitative estimate of drug-likeness (QED) is 0.0408. The maximum atomic E-state index is 14.5. The first-order chi connectivity index (χ1) is 30.6. The zero-order chi connectivity index (χ0) is 45.0. The summed E-state index contributed by atoms with van der Waals surface area (Å²) in [5.41, 5.74) is 10.6. The maximum absolute atomic E-state index is 14.5. The van der Waals surface area contributed by atoms with Crippen LogP contribution >= 0.6 is 12.6 Å². The minimum Gasteiger partial charge on any atom is -0.361 e. The van der Waals surface area contributed by atoms with Crippen molar-refractivity contribution in [2.75, 3.05) is 58.1 Å². The van der Waals surface area contributed by atoms with E-state index < -0.39 is 5.92 Å². The second-order valence-electron chi connectivity index (χ2n) is 16.0. The van der Waals surface area contributed by atoms with Gasteiger partial charge in [0.05, 0.1) is 26.2 Å². The minimum absolute atomic E-state index is 0.0368. The number of rotatable bonds is 29. The molecular formula is C48H62N8O6S. The molecule has 5 rings (SSSR count). The number of thiol groups is 1. The Morgan fingerprint density at radius 3 is 2.08 bits per heavy atom. The van der Waals surface area contributed by atoms with Crippen LogP contribution in [0.1, 0.15) is 68.6 Å². The van der Waals surface area contributed by atoms with Crippen LogP contribution in [-0.2, 0) is 48.2 Å². The molecule has 0 saturated heterocycles. The van der Waals surface area contributed by atoms with Crippen molar-refractivity contribution >= 4 is 69.5 Å². The number of nitrogens with one attached hydrogen (secondary N) is 3. The topological polar surface area (TPSA) is 195 Å². The lowest BCUT2D eigenvalue weighted by Crippen LogP contribution is -2.46. The molecule has 15 heteroatoms. The number of nitrogens with zero attached hydrogens (tertiary/aromatic N) is 4. The molecule has 0 spiro atoms. The van der Waals surface area contributed by atoms with Crippen LogP contribution in [0.15, 0.2) is 85.5 Å². The predicted octanol–water partition coefficient (Wildman–Crippen LogP) is 5.07. The summed E-state index contributed by atoms with van der Waals surface area (Å²) < 4.78 is 0. The molecular weight excluding hydrogens is 817 g/mol. The van der Waals surface area contributed by atoms with Gasteiger partial charge in [0.1, 0.15) is 5.78 Å². The summed E-state index contributed by atoms with van der Waals surface area (Å²) in [4.78, 5) is 97.2. The lowest BCUT2D eigenvalue weighted by Gasteiger charge is -2.28. The van der Waals surface area contributed by atoms with E-state index in [1.165, 1.54) is 14.7 Å². The van der Waals surface area contributed by atoms with E-state index in [1.807, 2.05) is 80.0 Å². The Balaban J connectivity index is 1.28. The van der Waals surface area contributed by atoms with Crippen molar-refractivity contribution in [2.24, 2.45) is 11.7 Å². The smallest absolute Gasteiger partial charge is 0.242 e. The summed E-state index contributed by atoms with van der Waals surface area (Å²) in [6.45, 7) is 2.98. The lowest BCUT2D eigenvalue weighted by molar-refractivity contribution is -0.143. The number of carbonyl (C=O) groups excluding carboxylic acids is 6. The largest absolute Gasteiger partial charge is 0.361 e. The van der Waals surface area contributed by atoms with Crippen LogP contribution in [0.5, 0.6) is 0 Å². The van der Waals surface area contributed by atoms with Gasteiger partial charge in [0.2, 0.25) is 17.7 Å². The van der Waals surface area contributed by atoms with Crippen LogP contribution in [0.4, 0.5) is 0 Å². The number of para-hydroxylation sites is 2. The number of fused-ring (bicyclic) bond motifs is 2. The van der Waals surface area contributed by atoms with Crippen LogP contribution in [0.2, 0.25) is 0 Å². The monoisotopic (exact) mass is 878 g/mol. The van der Waals surface area contributed by atoms with E-state index >= 15 is 0 Å². The van der Waals surface area contributed by atoms with E-state index in [-0.39, 0.29) is 107 Å². The molecule has 5 N–H and O–H groups in total. The molecule has 3 heterocycles. The number of benzene rings is 2. The van der Waals surface area contributed by atoms with Gasteiger partial charge in [0.15, 0.2) is 11.6 Å². The molecule has 3 aromatic heterocycles. The van der Waals surface area contributed by atoms with E-state index in [0.29, 0.717) is 50.9 Å². The number of H-pyrrole nitrogens is 2. The number of pyridine rings is 1. The number of hydrogen-bond acceptors (Lipinski definition) is 10. The molecule has 3 amide bonds. The molecule has 1 unspecified atom stereocenters. The van der Waals surface area contributed by atoms with Crippen molar-refractivity contribution in [3.63, 3.8) is 0 Å². The summed E-state index contributed by atoms with van der Waals surface area (Å²) in [5, 5.41) is 5.13. The Morgan fingerprint density at radius 1 is 0.730 bits per heavy atom. The fraction of sp³-hybridized carbons (Fsp3) is 0.438. The number of ketones is 3. The molecule has 0 fully saturated rings. The van der Waals surface area contributed by atoms with Crippen LogP contribution in [0, 0.1) is 5.92 Å². The van der Waals surface area contributed by atoms with Gasteiger partial charge >= 0.3 is 0 Å². The third kappa shape index (κ3) is 15.0. The van der Waals surface area contributed by atoms with Crippen molar-refractivity contribution in [3.05, 3.63) is 102 Å². The van der Waals surface area contributed by atoms with Gasteiger partial charge in [-0.3, -0.25) is 33.8 Å². The average molecular weight is 879 g/mol. The Labute approximate surface area is 375 Å². The molecule has 336 valence electrons. The molecule has 63 heavy (non-hydrogen) atoms. The highest BCUT2D eigenvalue weighted by Crippen LogP contribution is 2.24. The average Bonchev–Trinajstić information content (AvgIpc) is 3.91. The number of hydrogen-bond donors (Lipinski definition) is 5. The Bertz CT molecular complexity index is 2280. The number of nitrogens with two attached hydrogens (primary N) is 1. The summed E-state index contributed by atoms with van der Waals surface area (Å²) in [5.74, 6) is -1.77. The van der Waals surface area contributed by atoms with E-state index in [9.17, 15) is 28.8 Å². The number of carbonyl (C=O) groups is 6. The summed E-state index contributed by atoms with van der Waals surface area (Å²) in [6.07, 6.45) is 9.53. The first-order valence-electron chi connectivity index (χ1n) is 22.0. The molecule has 2 aromatic carbocycles. The third-order valence-electron chi connectivity index (χ3n) is 11.1. The van der Waals surface area contributed by atoms with Crippen molar-refractivity contribution < 1.29 is 28.8 Å². The highest BCUT2D eigenvalue weighted by atomic mass is 32.1. The van der Waals surface area contributed by atoms with E-state index in [2.05, 4.69) is 32.9 Å². The summed E-state index contributed by atoms with van der Waals surface area (Å²) in [7, 11) is 0. The highest BCUT2D eigenvalue weighted by Gasteiger charge is 2.30. The lowest BCUT2D eigenvalue weighted by atomic mass is 9.92. The normalized spacial score (nSPS) is 11.7. The van der Waals surface area contributed by atoms with Gasteiger partial charge in [0, 0.05) is 104 Å². The fourth-order valence-corrected chi connectivity index (χ4v) is 7.95.